The fourth-order valence-electron chi connectivity index (χ4n) is 2.63. The molecule has 2 unspecified atom stereocenters. The van der Waals surface area contributed by atoms with Crippen LogP contribution >= 0.6 is 0 Å². The number of benzene rings is 1. The van der Waals surface area contributed by atoms with E-state index in [0.717, 1.165) is 25.3 Å². The van der Waals surface area contributed by atoms with Gasteiger partial charge in [0.2, 0.25) is 5.82 Å². The third-order valence-corrected chi connectivity index (χ3v) is 3.70. The van der Waals surface area contributed by atoms with Gasteiger partial charge in [-0.2, -0.15) is 4.39 Å². The number of nitro groups is 1. The van der Waals surface area contributed by atoms with Crippen molar-refractivity contribution in [1.29, 1.82) is 0 Å². The third kappa shape index (κ3) is 3.01. The van der Waals surface area contributed by atoms with E-state index in [4.69, 9.17) is 10.5 Å². The topological polar surface area (TPSA) is 78.4 Å². The Balaban J connectivity index is 2.07. The van der Waals surface area contributed by atoms with Crippen LogP contribution in [0.25, 0.3) is 0 Å². The van der Waals surface area contributed by atoms with E-state index in [1.807, 2.05) is 0 Å². The Labute approximate surface area is 110 Å². The number of ether oxygens (including phenoxy) is 1. The summed E-state index contributed by atoms with van der Waals surface area (Å²) in [5, 5.41) is 10.8. The van der Waals surface area contributed by atoms with Crippen LogP contribution in [0.3, 0.4) is 0 Å². The van der Waals surface area contributed by atoms with Gasteiger partial charge in [-0.3, -0.25) is 10.1 Å². The molecule has 104 valence electrons. The Morgan fingerprint density at radius 2 is 2.16 bits per heavy atom. The van der Waals surface area contributed by atoms with Gasteiger partial charge in [-0.1, -0.05) is 12.5 Å². The second kappa shape index (κ2) is 5.97. The van der Waals surface area contributed by atoms with Crippen molar-refractivity contribution in [3.8, 4) is 5.75 Å². The van der Waals surface area contributed by atoms with E-state index < -0.39 is 16.4 Å². The Hall–Kier alpha value is -1.69. The van der Waals surface area contributed by atoms with E-state index in [1.165, 1.54) is 12.1 Å². The number of nitro benzene ring substituents is 1. The van der Waals surface area contributed by atoms with Gasteiger partial charge < -0.3 is 10.5 Å². The summed E-state index contributed by atoms with van der Waals surface area (Å²) in [6.45, 7) is 0.950. The molecule has 6 heteroatoms. The molecule has 0 amide bonds. The monoisotopic (exact) mass is 268 g/mol. The molecule has 0 radical (unpaired) electrons. The zero-order chi connectivity index (χ0) is 13.8. The maximum absolute atomic E-state index is 13.4. The van der Waals surface area contributed by atoms with E-state index in [0.29, 0.717) is 25.0 Å². The van der Waals surface area contributed by atoms with Crippen LogP contribution in [0.2, 0.25) is 0 Å². The highest BCUT2D eigenvalue weighted by Gasteiger charge is 2.28. The molecule has 2 rings (SSSR count). The Kier molecular flexibility index (Phi) is 4.31. The normalized spacial score (nSPS) is 22.4. The van der Waals surface area contributed by atoms with Gasteiger partial charge in [-0.15, -0.1) is 0 Å². The Morgan fingerprint density at radius 3 is 2.84 bits per heavy atom. The van der Waals surface area contributed by atoms with Gasteiger partial charge in [0.1, 0.15) is 0 Å². The molecule has 0 spiro atoms. The lowest BCUT2D eigenvalue weighted by atomic mass is 9.97. The first-order chi connectivity index (χ1) is 9.13. The number of hydrogen-bond acceptors (Lipinski definition) is 4. The second-order valence-corrected chi connectivity index (χ2v) is 4.84. The van der Waals surface area contributed by atoms with Gasteiger partial charge in [-0.05, 0) is 43.4 Å². The van der Waals surface area contributed by atoms with E-state index in [-0.39, 0.29) is 5.75 Å². The molecule has 1 aliphatic rings. The summed E-state index contributed by atoms with van der Waals surface area (Å²) in [4.78, 5) is 10.1. The highest BCUT2D eigenvalue weighted by atomic mass is 19.1. The smallest absolute Gasteiger partial charge is 0.346 e. The van der Waals surface area contributed by atoms with Crippen LogP contribution in [0.1, 0.15) is 19.3 Å². The average molecular weight is 268 g/mol. The molecule has 2 atom stereocenters. The van der Waals surface area contributed by atoms with Crippen LogP contribution in [0.5, 0.6) is 5.75 Å². The van der Waals surface area contributed by atoms with Crippen LogP contribution in [-0.4, -0.2) is 18.1 Å². The number of nitrogens with zero attached hydrogens (tertiary/aromatic N) is 1. The molecule has 1 saturated carbocycles. The minimum Gasteiger partial charge on any atom is -0.486 e. The summed E-state index contributed by atoms with van der Waals surface area (Å²) >= 11 is 0. The predicted octanol–water partition coefficient (Wildman–Crippen LogP) is 2.49. The summed E-state index contributed by atoms with van der Waals surface area (Å²) in [6.07, 6.45) is 3.17. The zero-order valence-electron chi connectivity index (χ0n) is 10.5. The summed E-state index contributed by atoms with van der Waals surface area (Å²) in [5.74, 6) is -0.183. The number of nitrogens with two attached hydrogens (primary N) is 1. The van der Waals surface area contributed by atoms with Crippen molar-refractivity contribution >= 4 is 5.69 Å². The second-order valence-electron chi connectivity index (χ2n) is 4.84. The largest absolute Gasteiger partial charge is 0.486 e. The van der Waals surface area contributed by atoms with Crippen LogP contribution in [-0.2, 0) is 0 Å². The van der Waals surface area contributed by atoms with E-state index in [9.17, 15) is 14.5 Å². The molecule has 19 heavy (non-hydrogen) atoms. The SMILES string of the molecule is NCC1CCCC1COc1cccc(F)c1[N+](=O)[O-]. The molecule has 2 N–H and O–H groups in total. The summed E-state index contributed by atoms with van der Waals surface area (Å²) in [6, 6.07) is 3.89. The van der Waals surface area contributed by atoms with Crippen LogP contribution < -0.4 is 10.5 Å². The fourth-order valence-corrected chi connectivity index (χ4v) is 2.63. The molecule has 1 aliphatic carbocycles. The standard InChI is InChI=1S/C13H17FN2O3/c14-11-5-2-6-12(13(11)16(17)18)19-8-10-4-1-3-9(10)7-15/h2,5-6,9-10H,1,3-4,7-8,15H2. The first kappa shape index (κ1) is 13.7. The van der Waals surface area contributed by atoms with Crippen molar-refractivity contribution in [2.75, 3.05) is 13.2 Å². The Morgan fingerprint density at radius 1 is 1.42 bits per heavy atom. The lowest BCUT2D eigenvalue weighted by Crippen LogP contribution is -2.23. The van der Waals surface area contributed by atoms with Crippen molar-refractivity contribution in [3.63, 3.8) is 0 Å². The summed E-state index contributed by atoms with van der Waals surface area (Å²) in [7, 11) is 0. The van der Waals surface area contributed by atoms with Crippen molar-refractivity contribution in [2.45, 2.75) is 19.3 Å². The molecule has 0 heterocycles. The van der Waals surface area contributed by atoms with Gasteiger partial charge in [0, 0.05) is 0 Å². The van der Waals surface area contributed by atoms with Gasteiger partial charge >= 0.3 is 5.69 Å². The highest BCUT2D eigenvalue weighted by Crippen LogP contribution is 2.34. The average Bonchev–Trinajstić information content (AvgIpc) is 2.83. The van der Waals surface area contributed by atoms with Crippen molar-refractivity contribution in [1.82, 2.24) is 0 Å². The molecule has 1 aromatic carbocycles. The van der Waals surface area contributed by atoms with Crippen molar-refractivity contribution in [2.24, 2.45) is 17.6 Å². The number of halogens is 1. The molecule has 0 saturated heterocycles. The molecule has 0 aliphatic heterocycles. The maximum Gasteiger partial charge on any atom is 0.346 e. The molecule has 1 fully saturated rings. The van der Waals surface area contributed by atoms with Gasteiger partial charge in [0.05, 0.1) is 11.5 Å². The van der Waals surface area contributed by atoms with E-state index in [1.54, 1.807) is 0 Å². The van der Waals surface area contributed by atoms with Gasteiger partial charge in [0.25, 0.3) is 0 Å². The van der Waals surface area contributed by atoms with Gasteiger partial charge in [0.15, 0.2) is 5.75 Å². The quantitative estimate of drug-likeness (QED) is 0.657. The van der Waals surface area contributed by atoms with Crippen molar-refractivity contribution in [3.05, 3.63) is 34.1 Å². The summed E-state index contributed by atoms with van der Waals surface area (Å²) in [5.41, 5.74) is 5.08. The fraction of sp³-hybridized carbons (Fsp3) is 0.538. The Bertz CT molecular complexity index is 467. The molecule has 5 nitrogen and oxygen atoms in total. The predicted molar refractivity (Wildman–Crippen MR) is 68.4 cm³/mol. The van der Waals surface area contributed by atoms with Crippen LogP contribution in [0.15, 0.2) is 18.2 Å². The molecular weight excluding hydrogens is 251 g/mol. The molecular formula is C13H17FN2O3. The first-order valence-corrected chi connectivity index (χ1v) is 6.39. The number of para-hydroxylation sites is 1. The maximum atomic E-state index is 13.4. The minimum atomic E-state index is -0.871. The van der Waals surface area contributed by atoms with Gasteiger partial charge in [-0.25, -0.2) is 0 Å². The van der Waals surface area contributed by atoms with E-state index >= 15 is 0 Å². The lowest BCUT2D eigenvalue weighted by molar-refractivity contribution is -0.388. The van der Waals surface area contributed by atoms with Crippen molar-refractivity contribution < 1.29 is 14.1 Å². The zero-order valence-corrected chi connectivity index (χ0v) is 10.5. The number of rotatable bonds is 5. The summed E-state index contributed by atoms with van der Waals surface area (Å²) < 4.78 is 18.9. The third-order valence-electron chi connectivity index (χ3n) is 3.70. The van der Waals surface area contributed by atoms with E-state index in [2.05, 4.69) is 0 Å². The molecule has 1 aromatic rings. The highest BCUT2D eigenvalue weighted by molar-refractivity contribution is 5.47. The molecule has 0 aromatic heterocycles. The number of hydrogen-bond donors (Lipinski definition) is 1. The first-order valence-electron chi connectivity index (χ1n) is 6.39. The van der Waals surface area contributed by atoms with Crippen LogP contribution in [0.4, 0.5) is 10.1 Å². The molecule has 0 bridgehead atoms. The lowest BCUT2D eigenvalue weighted by Gasteiger charge is -2.18. The van der Waals surface area contributed by atoms with Crippen LogP contribution in [0, 0.1) is 27.8 Å². The minimum absolute atomic E-state index is 0.00679.